The number of aromatic nitrogens is 4. The van der Waals surface area contributed by atoms with Crippen LogP contribution in [0.25, 0.3) is 5.69 Å². The fourth-order valence-corrected chi connectivity index (χ4v) is 4.61. The molecule has 0 saturated heterocycles. The van der Waals surface area contributed by atoms with Crippen LogP contribution in [0, 0.1) is 0 Å². The Bertz CT molecular complexity index is 964. The second kappa shape index (κ2) is 7.94. The van der Waals surface area contributed by atoms with E-state index >= 15 is 0 Å². The first kappa shape index (κ1) is 18.5. The van der Waals surface area contributed by atoms with Gasteiger partial charge in [-0.3, -0.25) is 0 Å². The second-order valence-electron chi connectivity index (χ2n) is 5.33. The lowest BCUT2D eigenvalue weighted by Crippen LogP contribution is -2.24. The first-order chi connectivity index (χ1) is 12.5. The van der Waals surface area contributed by atoms with E-state index in [0.717, 1.165) is 22.7 Å². The van der Waals surface area contributed by atoms with Crippen molar-refractivity contribution in [1.82, 2.24) is 24.9 Å². The molecule has 0 aliphatic rings. The second-order valence-corrected chi connectivity index (χ2v) is 8.49. The Kier molecular flexibility index (Phi) is 5.64. The van der Waals surface area contributed by atoms with Crippen LogP contribution >= 0.6 is 11.3 Å². The summed E-state index contributed by atoms with van der Waals surface area (Å²) in [5.74, 6) is 1.14. The fourth-order valence-electron chi connectivity index (χ4n) is 2.29. The summed E-state index contributed by atoms with van der Waals surface area (Å²) < 4.78 is 34.6. The Morgan fingerprint density at radius 2 is 1.92 bits per heavy atom. The molecule has 0 aliphatic heterocycles. The van der Waals surface area contributed by atoms with Crippen molar-refractivity contribution in [3.8, 4) is 11.4 Å². The van der Waals surface area contributed by atoms with Crippen LogP contribution in [0.4, 0.5) is 0 Å². The summed E-state index contributed by atoms with van der Waals surface area (Å²) in [6.45, 7) is 4.47. The van der Waals surface area contributed by atoms with Crippen LogP contribution in [0.5, 0.6) is 5.75 Å². The van der Waals surface area contributed by atoms with Crippen molar-refractivity contribution in [3.05, 3.63) is 47.1 Å². The molecular weight excluding hydrogens is 374 g/mol. The minimum Gasteiger partial charge on any atom is -0.494 e. The van der Waals surface area contributed by atoms with Gasteiger partial charge in [0.25, 0.3) is 0 Å². The first-order valence-electron chi connectivity index (χ1n) is 8.12. The maximum atomic E-state index is 12.4. The minimum atomic E-state index is -3.60. The zero-order chi connectivity index (χ0) is 18.6. The van der Waals surface area contributed by atoms with Crippen LogP contribution in [-0.2, 0) is 23.0 Å². The van der Waals surface area contributed by atoms with E-state index in [-0.39, 0.29) is 10.8 Å². The van der Waals surface area contributed by atoms with E-state index in [9.17, 15) is 8.42 Å². The highest BCUT2D eigenvalue weighted by atomic mass is 32.2. The molecule has 10 heteroatoms. The number of tetrazole rings is 1. The largest absolute Gasteiger partial charge is 0.494 e. The summed E-state index contributed by atoms with van der Waals surface area (Å²) in [5, 5.41) is 11.5. The Hall–Kier alpha value is -2.30. The summed E-state index contributed by atoms with van der Waals surface area (Å²) in [5.41, 5.74) is 0.719. The smallest absolute Gasteiger partial charge is 0.250 e. The third kappa shape index (κ3) is 4.09. The molecular formula is C16H19N5O3S2. The molecule has 2 heterocycles. The van der Waals surface area contributed by atoms with Gasteiger partial charge in [0.1, 0.15) is 9.96 Å². The molecule has 0 unspecified atom stereocenters. The van der Waals surface area contributed by atoms with Gasteiger partial charge in [-0.05, 0) is 60.2 Å². The normalized spacial score (nSPS) is 11.6. The Labute approximate surface area is 155 Å². The molecule has 0 fully saturated rings. The van der Waals surface area contributed by atoms with Crippen LogP contribution in [0.2, 0.25) is 0 Å². The lowest BCUT2D eigenvalue weighted by Gasteiger charge is -2.07. The van der Waals surface area contributed by atoms with E-state index in [1.54, 1.807) is 6.07 Å². The Morgan fingerprint density at radius 1 is 1.15 bits per heavy atom. The number of sulfonamides is 1. The number of hydrogen-bond donors (Lipinski definition) is 1. The van der Waals surface area contributed by atoms with Gasteiger partial charge < -0.3 is 4.74 Å². The number of aryl methyl sites for hydroxylation is 1. The molecule has 0 amide bonds. The summed E-state index contributed by atoms with van der Waals surface area (Å²) in [6.07, 6.45) is 0.802. The molecule has 1 N–H and O–H groups in total. The fraction of sp³-hybridized carbons (Fsp3) is 0.312. The van der Waals surface area contributed by atoms with E-state index in [0.29, 0.717) is 12.4 Å². The van der Waals surface area contributed by atoms with E-state index in [4.69, 9.17) is 4.74 Å². The van der Waals surface area contributed by atoms with Gasteiger partial charge in [0.15, 0.2) is 5.82 Å². The molecule has 3 aromatic rings. The van der Waals surface area contributed by atoms with Crippen LogP contribution < -0.4 is 9.46 Å². The van der Waals surface area contributed by atoms with Crippen molar-refractivity contribution >= 4 is 21.4 Å². The molecule has 0 bridgehead atoms. The molecule has 0 saturated carbocycles. The predicted molar refractivity (Wildman–Crippen MR) is 98.0 cm³/mol. The number of thiophene rings is 1. The maximum absolute atomic E-state index is 12.4. The molecule has 0 aliphatic carbocycles. The van der Waals surface area contributed by atoms with Crippen LogP contribution in [-0.4, -0.2) is 35.2 Å². The van der Waals surface area contributed by atoms with Gasteiger partial charge in [-0.2, -0.15) is 4.68 Å². The quantitative estimate of drug-likeness (QED) is 0.630. The first-order valence-corrected chi connectivity index (χ1v) is 10.4. The average Bonchev–Trinajstić information content (AvgIpc) is 3.31. The van der Waals surface area contributed by atoms with Crippen molar-refractivity contribution in [3.63, 3.8) is 0 Å². The van der Waals surface area contributed by atoms with Crippen LogP contribution in [0.1, 0.15) is 24.5 Å². The summed E-state index contributed by atoms with van der Waals surface area (Å²) >= 11 is 1.26. The van der Waals surface area contributed by atoms with Gasteiger partial charge >= 0.3 is 0 Å². The van der Waals surface area contributed by atoms with E-state index in [2.05, 4.69) is 20.2 Å². The van der Waals surface area contributed by atoms with Gasteiger partial charge in [0.2, 0.25) is 10.0 Å². The average molecular weight is 393 g/mol. The molecule has 1 aromatic carbocycles. The van der Waals surface area contributed by atoms with Gasteiger partial charge in [0.05, 0.1) is 18.8 Å². The van der Waals surface area contributed by atoms with Crippen molar-refractivity contribution in [1.29, 1.82) is 0 Å². The topological polar surface area (TPSA) is 99.0 Å². The molecule has 8 nitrogen and oxygen atoms in total. The highest BCUT2D eigenvalue weighted by Gasteiger charge is 2.18. The number of rotatable bonds is 8. The van der Waals surface area contributed by atoms with Crippen molar-refractivity contribution < 1.29 is 13.2 Å². The zero-order valence-corrected chi connectivity index (χ0v) is 16.0. The molecule has 0 spiro atoms. The van der Waals surface area contributed by atoms with Crippen LogP contribution in [0.15, 0.2) is 40.6 Å². The van der Waals surface area contributed by atoms with Gasteiger partial charge in [-0.15, -0.1) is 16.4 Å². The maximum Gasteiger partial charge on any atom is 0.250 e. The Morgan fingerprint density at radius 3 is 2.58 bits per heavy atom. The molecule has 2 aromatic heterocycles. The number of ether oxygens (including phenoxy) is 1. The predicted octanol–water partition coefficient (Wildman–Crippen LogP) is 2.16. The Balaban J connectivity index is 1.74. The molecule has 26 heavy (non-hydrogen) atoms. The lowest BCUT2D eigenvalue weighted by atomic mass is 10.3. The lowest BCUT2D eigenvalue weighted by molar-refractivity contribution is 0.340. The molecule has 0 radical (unpaired) electrons. The van der Waals surface area contributed by atoms with Crippen molar-refractivity contribution in [2.24, 2.45) is 0 Å². The number of nitrogens with one attached hydrogen (secondary N) is 1. The molecule has 138 valence electrons. The van der Waals surface area contributed by atoms with Crippen molar-refractivity contribution in [2.45, 2.75) is 31.0 Å². The van der Waals surface area contributed by atoms with E-state index < -0.39 is 10.0 Å². The van der Waals surface area contributed by atoms with Crippen molar-refractivity contribution in [2.75, 3.05) is 6.61 Å². The molecule has 0 atom stereocenters. The zero-order valence-electron chi connectivity index (χ0n) is 14.4. The van der Waals surface area contributed by atoms with E-state index in [1.165, 1.54) is 16.0 Å². The highest BCUT2D eigenvalue weighted by molar-refractivity contribution is 7.91. The van der Waals surface area contributed by atoms with Crippen LogP contribution in [0.3, 0.4) is 0 Å². The third-order valence-corrected chi connectivity index (χ3v) is 6.72. The summed E-state index contributed by atoms with van der Waals surface area (Å²) in [6, 6.07) is 10.7. The summed E-state index contributed by atoms with van der Waals surface area (Å²) in [4.78, 5) is 1.02. The van der Waals surface area contributed by atoms with Gasteiger partial charge in [-0.25, -0.2) is 13.1 Å². The van der Waals surface area contributed by atoms with E-state index in [1.807, 2.05) is 44.2 Å². The standard InChI is InChI=1S/C16H19N5O3S2/c1-3-14-9-10-16(25-14)26(22,23)17-11-15-18-19-20-21(15)12-5-7-13(8-6-12)24-4-2/h5-10,17H,3-4,11H2,1-2H3. The molecule has 3 rings (SSSR count). The minimum absolute atomic E-state index is 0.0120. The highest BCUT2D eigenvalue weighted by Crippen LogP contribution is 2.22. The monoisotopic (exact) mass is 393 g/mol. The number of nitrogens with zero attached hydrogens (tertiary/aromatic N) is 4. The third-order valence-electron chi connectivity index (χ3n) is 3.60. The van der Waals surface area contributed by atoms with Gasteiger partial charge in [-0.1, -0.05) is 6.92 Å². The SMILES string of the molecule is CCOc1ccc(-n2nnnc2CNS(=O)(=O)c2ccc(CC)s2)cc1. The number of benzene rings is 1. The van der Waals surface area contributed by atoms with Gasteiger partial charge in [0, 0.05) is 4.88 Å². The summed E-state index contributed by atoms with van der Waals surface area (Å²) in [7, 11) is -3.60. The number of hydrogen-bond acceptors (Lipinski definition) is 7.